The molecular weight excluding hydrogens is 341 g/mol. The Hall–Kier alpha value is -1.45. The molecule has 23 heavy (non-hydrogen) atoms. The first kappa shape index (κ1) is 17.9. The summed E-state index contributed by atoms with van der Waals surface area (Å²) in [4.78, 5) is 0. The molecule has 1 atom stereocenters. The molecule has 0 spiro atoms. The minimum Gasteiger partial charge on any atom is -0.324 e. The third kappa shape index (κ3) is 3.73. The van der Waals surface area contributed by atoms with Gasteiger partial charge in [-0.1, -0.05) is 0 Å². The van der Waals surface area contributed by atoms with Crippen LogP contribution in [0.2, 0.25) is 0 Å². The number of rotatable bonds is 2. The van der Waals surface area contributed by atoms with Gasteiger partial charge in [-0.2, -0.15) is 39.5 Å². The number of alkyl halides is 9. The Labute approximate surface area is 124 Å². The molecule has 0 aliphatic heterocycles. The number of hydrogen-bond donors (Lipinski definition) is 1. The van der Waals surface area contributed by atoms with Crippen LogP contribution in [-0.4, -0.2) is 0 Å². The standard InChI is InChI=1S/C13H10F9N/c14-11(15,16)6-3-7(12(17,18)19)9(10(23)5-1-2-5)8(4-6)13(20,21)22/h3-5,10H,1-2,23H2. The molecule has 0 aromatic heterocycles. The maximum atomic E-state index is 13.0. The zero-order chi connectivity index (χ0) is 17.8. The third-order valence-electron chi connectivity index (χ3n) is 3.58. The van der Waals surface area contributed by atoms with Gasteiger partial charge in [-0.25, -0.2) is 0 Å². The van der Waals surface area contributed by atoms with E-state index in [1.165, 1.54) is 0 Å². The fourth-order valence-electron chi connectivity index (χ4n) is 2.34. The smallest absolute Gasteiger partial charge is 0.324 e. The molecule has 2 rings (SSSR count). The van der Waals surface area contributed by atoms with E-state index < -0.39 is 52.7 Å². The second kappa shape index (κ2) is 5.29. The van der Waals surface area contributed by atoms with Crippen molar-refractivity contribution < 1.29 is 39.5 Å². The quantitative estimate of drug-likeness (QED) is 0.733. The minimum absolute atomic E-state index is 0.313. The maximum Gasteiger partial charge on any atom is 0.416 e. The second-order valence-electron chi connectivity index (χ2n) is 5.34. The van der Waals surface area contributed by atoms with E-state index in [4.69, 9.17) is 5.73 Å². The number of hydrogen-bond acceptors (Lipinski definition) is 1. The van der Waals surface area contributed by atoms with E-state index in [2.05, 4.69) is 0 Å². The Kier molecular flexibility index (Phi) is 4.11. The lowest BCUT2D eigenvalue weighted by Gasteiger charge is -2.25. The van der Waals surface area contributed by atoms with Gasteiger partial charge in [0.1, 0.15) is 0 Å². The molecule has 0 radical (unpaired) electrons. The van der Waals surface area contributed by atoms with Crippen LogP contribution < -0.4 is 5.73 Å². The Balaban J connectivity index is 2.79. The summed E-state index contributed by atoms with van der Waals surface area (Å²) in [6.45, 7) is 0. The SMILES string of the molecule is NC(c1c(C(F)(F)F)cc(C(F)(F)F)cc1C(F)(F)F)C1CC1. The minimum atomic E-state index is -5.39. The molecule has 1 saturated carbocycles. The van der Waals surface area contributed by atoms with Gasteiger partial charge >= 0.3 is 18.5 Å². The van der Waals surface area contributed by atoms with E-state index in [9.17, 15) is 39.5 Å². The van der Waals surface area contributed by atoms with Crippen molar-refractivity contribution in [2.24, 2.45) is 11.7 Å². The molecular formula is C13H10F9N. The fourth-order valence-corrected chi connectivity index (χ4v) is 2.34. The van der Waals surface area contributed by atoms with Gasteiger partial charge in [-0.3, -0.25) is 0 Å². The van der Waals surface area contributed by atoms with Crippen molar-refractivity contribution >= 4 is 0 Å². The van der Waals surface area contributed by atoms with Gasteiger partial charge in [-0.05, 0) is 36.5 Å². The lowest BCUT2D eigenvalue weighted by Crippen LogP contribution is -2.26. The zero-order valence-corrected chi connectivity index (χ0v) is 11.2. The third-order valence-corrected chi connectivity index (χ3v) is 3.58. The van der Waals surface area contributed by atoms with Crippen LogP contribution in [0.5, 0.6) is 0 Å². The molecule has 2 N–H and O–H groups in total. The molecule has 0 saturated heterocycles. The van der Waals surface area contributed by atoms with E-state index in [-0.39, 0.29) is 12.1 Å². The summed E-state index contributed by atoms with van der Waals surface area (Å²) in [6, 6.07) is -2.25. The van der Waals surface area contributed by atoms with E-state index >= 15 is 0 Å². The van der Waals surface area contributed by atoms with Crippen molar-refractivity contribution in [1.82, 2.24) is 0 Å². The summed E-state index contributed by atoms with van der Waals surface area (Å²) in [5, 5.41) is 0. The van der Waals surface area contributed by atoms with E-state index in [0.717, 1.165) is 0 Å². The van der Waals surface area contributed by atoms with Crippen molar-refractivity contribution in [3.8, 4) is 0 Å². The molecule has 1 aromatic carbocycles. The van der Waals surface area contributed by atoms with E-state index in [1.54, 1.807) is 0 Å². The van der Waals surface area contributed by atoms with Crippen LogP contribution >= 0.6 is 0 Å². The second-order valence-corrected chi connectivity index (χ2v) is 5.34. The Morgan fingerprint density at radius 2 is 1.17 bits per heavy atom. The van der Waals surface area contributed by atoms with Gasteiger partial charge in [0.05, 0.1) is 16.7 Å². The van der Waals surface area contributed by atoms with Crippen LogP contribution in [0.15, 0.2) is 12.1 Å². The molecule has 10 heteroatoms. The van der Waals surface area contributed by atoms with Crippen molar-refractivity contribution in [3.63, 3.8) is 0 Å². The Bertz CT molecular complexity index is 558. The van der Waals surface area contributed by atoms with Crippen molar-refractivity contribution in [1.29, 1.82) is 0 Å². The topological polar surface area (TPSA) is 26.0 Å². The van der Waals surface area contributed by atoms with Gasteiger partial charge in [0.25, 0.3) is 0 Å². The van der Waals surface area contributed by atoms with Gasteiger partial charge in [0, 0.05) is 6.04 Å². The van der Waals surface area contributed by atoms with Gasteiger partial charge < -0.3 is 5.73 Å². The number of benzene rings is 1. The highest BCUT2D eigenvalue weighted by molar-refractivity contribution is 5.46. The summed E-state index contributed by atoms with van der Waals surface area (Å²) < 4.78 is 116. The van der Waals surface area contributed by atoms with Crippen LogP contribution in [0.4, 0.5) is 39.5 Å². The number of halogens is 9. The Morgan fingerprint density at radius 3 is 1.43 bits per heavy atom. The molecule has 130 valence electrons. The molecule has 1 unspecified atom stereocenters. The van der Waals surface area contributed by atoms with Crippen molar-refractivity contribution in [2.75, 3.05) is 0 Å². The van der Waals surface area contributed by atoms with E-state index in [1.807, 2.05) is 0 Å². The van der Waals surface area contributed by atoms with Gasteiger partial charge in [0.2, 0.25) is 0 Å². The molecule has 1 fully saturated rings. The summed E-state index contributed by atoms with van der Waals surface area (Å²) in [5.74, 6) is -0.603. The fraction of sp³-hybridized carbons (Fsp3) is 0.538. The average Bonchev–Trinajstić information content (AvgIpc) is 3.17. The highest BCUT2D eigenvalue weighted by Gasteiger charge is 2.47. The normalized spacial score (nSPS) is 18.2. The lowest BCUT2D eigenvalue weighted by molar-refractivity contribution is -0.149. The molecule has 0 amide bonds. The molecule has 0 bridgehead atoms. The monoisotopic (exact) mass is 351 g/mol. The highest BCUT2D eigenvalue weighted by Crippen LogP contribution is 2.49. The lowest BCUT2D eigenvalue weighted by atomic mass is 9.89. The summed E-state index contributed by atoms with van der Waals surface area (Å²) in [5.41, 5.74) is -1.83. The molecule has 1 nitrogen and oxygen atoms in total. The molecule has 1 aromatic rings. The van der Waals surface area contributed by atoms with Crippen LogP contribution in [-0.2, 0) is 18.5 Å². The van der Waals surface area contributed by atoms with Crippen LogP contribution in [0.1, 0.15) is 41.1 Å². The first-order valence-electron chi connectivity index (χ1n) is 6.38. The van der Waals surface area contributed by atoms with Gasteiger partial charge in [0.15, 0.2) is 0 Å². The first-order chi connectivity index (χ1) is 10.2. The number of nitrogens with two attached hydrogens (primary N) is 1. The maximum absolute atomic E-state index is 13.0. The average molecular weight is 351 g/mol. The molecule has 1 aliphatic carbocycles. The zero-order valence-electron chi connectivity index (χ0n) is 11.2. The summed E-state index contributed by atoms with van der Waals surface area (Å²) in [7, 11) is 0. The Morgan fingerprint density at radius 1 is 0.783 bits per heavy atom. The van der Waals surface area contributed by atoms with Crippen molar-refractivity contribution in [3.05, 3.63) is 34.4 Å². The van der Waals surface area contributed by atoms with Crippen LogP contribution in [0.3, 0.4) is 0 Å². The van der Waals surface area contributed by atoms with E-state index in [0.29, 0.717) is 12.8 Å². The molecule has 0 heterocycles. The summed E-state index contributed by atoms with van der Waals surface area (Å²) in [6.07, 6.45) is -15.5. The van der Waals surface area contributed by atoms with Crippen molar-refractivity contribution in [2.45, 2.75) is 37.4 Å². The predicted molar refractivity (Wildman–Crippen MR) is 61.1 cm³/mol. The summed E-state index contributed by atoms with van der Waals surface area (Å²) >= 11 is 0. The highest BCUT2D eigenvalue weighted by atomic mass is 19.4. The first-order valence-corrected chi connectivity index (χ1v) is 6.38. The molecule has 1 aliphatic rings. The van der Waals surface area contributed by atoms with Crippen LogP contribution in [0.25, 0.3) is 0 Å². The van der Waals surface area contributed by atoms with Crippen LogP contribution in [0, 0.1) is 5.92 Å². The largest absolute Gasteiger partial charge is 0.416 e. The predicted octanol–water partition coefficient (Wildman–Crippen LogP) is 5.15. The van der Waals surface area contributed by atoms with Gasteiger partial charge in [-0.15, -0.1) is 0 Å².